The summed E-state index contributed by atoms with van der Waals surface area (Å²) in [5.74, 6) is 0.578. The van der Waals surface area contributed by atoms with Gasteiger partial charge in [-0.15, -0.1) is 0 Å². The van der Waals surface area contributed by atoms with Crippen molar-refractivity contribution in [3.05, 3.63) is 64.0 Å². The molecule has 3 rings (SSSR count). The molecule has 3 aromatic rings. The molecule has 0 atom stereocenters. The third-order valence-corrected chi connectivity index (χ3v) is 3.49. The van der Waals surface area contributed by atoms with Gasteiger partial charge in [0.05, 0.1) is 22.1 Å². The summed E-state index contributed by atoms with van der Waals surface area (Å²) in [6, 6.07) is 11.9. The SMILES string of the molecule is N#Cc1cc(NCCc2ccc[nH]2)nc2ccc([N+](=O)[O-])cc12. The van der Waals surface area contributed by atoms with Crippen molar-refractivity contribution in [2.45, 2.75) is 6.42 Å². The number of H-pyrrole nitrogens is 1. The van der Waals surface area contributed by atoms with Gasteiger partial charge in [-0.05, 0) is 24.3 Å². The van der Waals surface area contributed by atoms with Crippen molar-refractivity contribution >= 4 is 22.4 Å². The molecule has 7 nitrogen and oxygen atoms in total. The number of hydrogen-bond donors (Lipinski definition) is 2. The Labute approximate surface area is 131 Å². The highest BCUT2D eigenvalue weighted by Gasteiger charge is 2.11. The molecule has 0 aliphatic heterocycles. The molecule has 0 spiro atoms. The number of nitrogens with one attached hydrogen (secondary N) is 2. The van der Waals surface area contributed by atoms with Crippen LogP contribution in [0, 0.1) is 21.4 Å². The standard InChI is InChI=1S/C16H13N5O2/c17-10-11-8-16(19-7-5-12-2-1-6-18-12)20-15-4-3-13(21(22)23)9-14(11)15/h1-4,6,8-9,18H,5,7H2,(H,19,20). The van der Waals surface area contributed by atoms with Gasteiger partial charge in [-0.25, -0.2) is 4.98 Å². The van der Waals surface area contributed by atoms with Crippen LogP contribution in [0.5, 0.6) is 0 Å². The van der Waals surface area contributed by atoms with Gasteiger partial charge in [0.25, 0.3) is 5.69 Å². The number of hydrogen-bond acceptors (Lipinski definition) is 5. The smallest absolute Gasteiger partial charge is 0.270 e. The molecule has 2 N–H and O–H groups in total. The Morgan fingerprint density at radius 2 is 2.22 bits per heavy atom. The van der Waals surface area contributed by atoms with E-state index < -0.39 is 4.92 Å². The van der Waals surface area contributed by atoms with Crippen LogP contribution in [0.25, 0.3) is 10.9 Å². The summed E-state index contributed by atoms with van der Waals surface area (Å²) in [6.07, 6.45) is 2.67. The molecular weight excluding hydrogens is 294 g/mol. The van der Waals surface area contributed by atoms with Crippen LogP contribution < -0.4 is 5.32 Å². The molecule has 0 unspecified atom stereocenters. The largest absolute Gasteiger partial charge is 0.370 e. The molecule has 2 heterocycles. The number of non-ortho nitro benzene ring substituents is 1. The lowest BCUT2D eigenvalue weighted by atomic mass is 10.1. The van der Waals surface area contributed by atoms with Crippen LogP contribution in [0.15, 0.2) is 42.6 Å². The number of aromatic nitrogens is 2. The van der Waals surface area contributed by atoms with Crippen LogP contribution >= 0.6 is 0 Å². The summed E-state index contributed by atoms with van der Waals surface area (Å²) in [4.78, 5) is 17.9. The fourth-order valence-electron chi connectivity index (χ4n) is 2.36. The third-order valence-electron chi connectivity index (χ3n) is 3.49. The Morgan fingerprint density at radius 3 is 2.91 bits per heavy atom. The Morgan fingerprint density at radius 1 is 1.35 bits per heavy atom. The van der Waals surface area contributed by atoms with E-state index in [4.69, 9.17) is 0 Å². The fourth-order valence-corrected chi connectivity index (χ4v) is 2.36. The fraction of sp³-hybridized carbons (Fsp3) is 0.125. The van der Waals surface area contributed by atoms with Gasteiger partial charge in [-0.1, -0.05) is 0 Å². The summed E-state index contributed by atoms with van der Waals surface area (Å²) < 4.78 is 0. The maximum atomic E-state index is 10.9. The van der Waals surface area contributed by atoms with Crippen molar-refractivity contribution in [3.63, 3.8) is 0 Å². The molecule has 0 aliphatic rings. The lowest BCUT2D eigenvalue weighted by Gasteiger charge is -2.07. The average molecular weight is 307 g/mol. The third kappa shape index (κ3) is 3.11. The number of anilines is 1. The number of nitro benzene ring substituents is 1. The highest BCUT2D eigenvalue weighted by Crippen LogP contribution is 2.24. The molecule has 0 saturated carbocycles. The zero-order chi connectivity index (χ0) is 16.2. The van der Waals surface area contributed by atoms with Crippen LogP contribution in [-0.4, -0.2) is 21.4 Å². The van der Waals surface area contributed by atoms with E-state index >= 15 is 0 Å². The highest BCUT2D eigenvalue weighted by atomic mass is 16.6. The minimum absolute atomic E-state index is 0.0525. The second-order valence-electron chi connectivity index (χ2n) is 5.00. The van der Waals surface area contributed by atoms with Crippen LogP contribution in [0.3, 0.4) is 0 Å². The number of aromatic amines is 1. The second kappa shape index (κ2) is 6.15. The predicted octanol–water partition coefficient (Wildman–Crippen LogP) is 3.00. The molecule has 114 valence electrons. The Hall–Kier alpha value is -3.40. The molecule has 0 amide bonds. The molecule has 0 saturated heterocycles. The Balaban J connectivity index is 1.86. The first-order chi connectivity index (χ1) is 11.2. The van der Waals surface area contributed by atoms with Crippen molar-refractivity contribution in [3.8, 4) is 6.07 Å². The summed E-state index contributed by atoms with van der Waals surface area (Å²) in [5, 5.41) is 23.8. The summed E-state index contributed by atoms with van der Waals surface area (Å²) >= 11 is 0. The molecule has 1 aromatic carbocycles. The number of nitrogens with zero attached hydrogens (tertiary/aromatic N) is 3. The zero-order valence-corrected chi connectivity index (χ0v) is 12.1. The molecule has 0 bridgehead atoms. The first-order valence-corrected chi connectivity index (χ1v) is 7.03. The Kier molecular flexibility index (Phi) is 3.89. The molecule has 0 fully saturated rings. The number of fused-ring (bicyclic) bond motifs is 1. The lowest BCUT2D eigenvalue weighted by Crippen LogP contribution is -2.07. The monoisotopic (exact) mass is 307 g/mol. The van der Waals surface area contributed by atoms with Gasteiger partial charge in [-0.3, -0.25) is 10.1 Å². The van der Waals surface area contributed by atoms with E-state index in [2.05, 4.69) is 21.4 Å². The van der Waals surface area contributed by atoms with Crippen molar-refractivity contribution in [2.24, 2.45) is 0 Å². The molecule has 0 aliphatic carbocycles. The van der Waals surface area contributed by atoms with E-state index in [1.807, 2.05) is 18.3 Å². The number of nitriles is 1. The summed E-state index contributed by atoms with van der Waals surface area (Å²) in [6.45, 7) is 0.664. The van der Waals surface area contributed by atoms with E-state index in [1.165, 1.54) is 12.1 Å². The van der Waals surface area contributed by atoms with Gasteiger partial charge in [0.2, 0.25) is 0 Å². The number of nitro groups is 1. The maximum absolute atomic E-state index is 10.9. The second-order valence-corrected chi connectivity index (χ2v) is 5.00. The Bertz CT molecular complexity index is 897. The van der Waals surface area contributed by atoms with Crippen LogP contribution in [0.2, 0.25) is 0 Å². The highest BCUT2D eigenvalue weighted by molar-refractivity contribution is 5.88. The van der Waals surface area contributed by atoms with E-state index in [1.54, 1.807) is 12.1 Å². The lowest BCUT2D eigenvalue weighted by molar-refractivity contribution is -0.384. The first-order valence-electron chi connectivity index (χ1n) is 7.03. The molecule has 2 aromatic heterocycles. The van der Waals surface area contributed by atoms with Crippen LogP contribution in [0.1, 0.15) is 11.3 Å². The van der Waals surface area contributed by atoms with Crippen molar-refractivity contribution < 1.29 is 4.92 Å². The summed E-state index contributed by atoms with van der Waals surface area (Å²) in [5.41, 5.74) is 1.97. The summed E-state index contributed by atoms with van der Waals surface area (Å²) in [7, 11) is 0. The molecule has 0 radical (unpaired) electrons. The van der Waals surface area contributed by atoms with Crippen LogP contribution in [-0.2, 0) is 6.42 Å². The van der Waals surface area contributed by atoms with Crippen molar-refractivity contribution in [1.82, 2.24) is 9.97 Å². The van der Waals surface area contributed by atoms with Gasteiger partial charge in [0.1, 0.15) is 5.82 Å². The maximum Gasteiger partial charge on any atom is 0.270 e. The first kappa shape index (κ1) is 14.5. The number of rotatable bonds is 5. The van der Waals surface area contributed by atoms with Crippen molar-refractivity contribution in [1.29, 1.82) is 5.26 Å². The minimum atomic E-state index is -0.483. The molecule has 23 heavy (non-hydrogen) atoms. The zero-order valence-electron chi connectivity index (χ0n) is 12.1. The van der Waals surface area contributed by atoms with Gasteiger partial charge in [-0.2, -0.15) is 5.26 Å². The van der Waals surface area contributed by atoms with E-state index in [0.717, 1.165) is 12.1 Å². The topological polar surface area (TPSA) is 108 Å². The average Bonchev–Trinajstić information content (AvgIpc) is 3.07. The van der Waals surface area contributed by atoms with E-state index in [-0.39, 0.29) is 5.69 Å². The van der Waals surface area contributed by atoms with Gasteiger partial charge in [0.15, 0.2) is 0 Å². The number of benzene rings is 1. The predicted molar refractivity (Wildman–Crippen MR) is 86.1 cm³/mol. The van der Waals surface area contributed by atoms with E-state index in [0.29, 0.717) is 28.8 Å². The molecule has 7 heteroatoms. The normalized spacial score (nSPS) is 10.4. The van der Waals surface area contributed by atoms with Crippen molar-refractivity contribution in [2.75, 3.05) is 11.9 Å². The quantitative estimate of drug-likeness (QED) is 0.556. The van der Waals surface area contributed by atoms with Crippen LogP contribution in [0.4, 0.5) is 11.5 Å². The minimum Gasteiger partial charge on any atom is -0.370 e. The van der Waals surface area contributed by atoms with Gasteiger partial charge < -0.3 is 10.3 Å². The van der Waals surface area contributed by atoms with E-state index in [9.17, 15) is 15.4 Å². The van der Waals surface area contributed by atoms with Gasteiger partial charge in [0, 0.05) is 42.4 Å². The van der Waals surface area contributed by atoms with Gasteiger partial charge >= 0.3 is 0 Å². The molecular formula is C16H13N5O2. The number of pyridine rings is 1.